The molecule has 0 aromatic heterocycles. The van der Waals surface area contributed by atoms with Crippen LogP contribution in [0.4, 0.5) is 10.5 Å². The molecular formula is C27H23IN2O5. The molecule has 0 unspecified atom stereocenters. The third-order valence-electron chi connectivity index (χ3n) is 5.52. The second-order valence-electron chi connectivity index (χ2n) is 8.05. The molecule has 1 aliphatic rings. The molecule has 0 atom stereocenters. The fourth-order valence-electron chi connectivity index (χ4n) is 3.66. The van der Waals surface area contributed by atoms with Crippen LogP contribution in [0.5, 0.6) is 11.5 Å². The van der Waals surface area contributed by atoms with Gasteiger partial charge in [0, 0.05) is 0 Å². The summed E-state index contributed by atoms with van der Waals surface area (Å²) in [6.07, 6.45) is 1.45. The van der Waals surface area contributed by atoms with Crippen LogP contribution in [0.2, 0.25) is 0 Å². The lowest BCUT2D eigenvalue weighted by atomic mass is 10.1. The molecular weight excluding hydrogens is 559 g/mol. The SMILES string of the molecule is COc1cc(/C=C2\C(=O)NC(=O)N(c3ccccc3C)C2=O)cc(I)c1OCc1ccc(C)cc1. The van der Waals surface area contributed by atoms with Crippen molar-refractivity contribution in [1.82, 2.24) is 5.32 Å². The monoisotopic (exact) mass is 582 g/mol. The second kappa shape index (κ2) is 10.3. The topological polar surface area (TPSA) is 84.9 Å². The van der Waals surface area contributed by atoms with Crippen molar-refractivity contribution in [2.75, 3.05) is 12.0 Å². The molecule has 1 heterocycles. The molecule has 0 aliphatic carbocycles. The number of nitrogens with one attached hydrogen (secondary N) is 1. The average Bonchev–Trinajstić information content (AvgIpc) is 2.83. The average molecular weight is 582 g/mol. The number of amides is 4. The Hall–Kier alpha value is -3.66. The van der Waals surface area contributed by atoms with Crippen molar-refractivity contribution in [1.29, 1.82) is 0 Å². The molecule has 3 aromatic rings. The number of methoxy groups -OCH3 is 1. The highest BCUT2D eigenvalue weighted by atomic mass is 127. The normalized spacial score (nSPS) is 14.8. The molecule has 0 spiro atoms. The van der Waals surface area contributed by atoms with Crippen molar-refractivity contribution in [2.24, 2.45) is 0 Å². The number of rotatable bonds is 6. The number of ether oxygens (including phenoxy) is 2. The highest BCUT2D eigenvalue weighted by molar-refractivity contribution is 14.1. The number of carbonyl (C=O) groups excluding carboxylic acids is 3. The van der Waals surface area contributed by atoms with Crippen molar-refractivity contribution in [3.05, 3.63) is 92.1 Å². The van der Waals surface area contributed by atoms with Crippen LogP contribution < -0.4 is 19.7 Å². The van der Waals surface area contributed by atoms with E-state index in [1.807, 2.05) is 37.3 Å². The predicted molar refractivity (Wildman–Crippen MR) is 141 cm³/mol. The van der Waals surface area contributed by atoms with E-state index in [0.29, 0.717) is 29.4 Å². The number of anilines is 1. The summed E-state index contributed by atoms with van der Waals surface area (Å²) in [5.41, 5.74) is 3.74. The Balaban J connectivity index is 1.64. The Morgan fingerprint density at radius 3 is 2.40 bits per heavy atom. The largest absolute Gasteiger partial charge is 0.493 e. The van der Waals surface area contributed by atoms with Crippen molar-refractivity contribution < 1.29 is 23.9 Å². The summed E-state index contributed by atoms with van der Waals surface area (Å²) < 4.78 is 12.3. The van der Waals surface area contributed by atoms with E-state index in [9.17, 15) is 14.4 Å². The zero-order valence-electron chi connectivity index (χ0n) is 19.4. The second-order valence-corrected chi connectivity index (χ2v) is 9.21. The molecule has 1 N–H and O–H groups in total. The Labute approximate surface area is 216 Å². The summed E-state index contributed by atoms with van der Waals surface area (Å²) in [5.74, 6) is -0.418. The molecule has 0 bridgehead atoms. The molecule has 1 aliphatic heterocycles. The van der Waals surface area contributed by atoms with Gasteiger partial charge < -0.3 is 9.47 Å². The molecule has 4 rings (SSSR count). The number of para-hydroxylation sites is 1. The van der Waals surface area contributed by atoms with Crippen LogP contribution in [0.3, 0.4) is 0 Å². The minimum absolute atomic E-state index is 0.154. The van der Waals surface area contributed by atoms with E-state index in [4.69, 9.17) is 9.47 Å². The van der Waals surface area contributed by atoms with Crippen LogP contribution in [0.25, 0.3) is 6.08 Å². The Morgan fingerprint density at radius 2 is 1.71 bits per heavy atom. The van der Waals surface area contributed by atoms with Crippen LogP contribution in [0.15, 0.2) is 66.2 Å². The number of hydrogen-bond acceptors (Lipinski definition) is 5. The molecule has 8 heteroatoms. The Bertz CT molecular complexity index is 1350. The zero-order chi connectivity index (χ0) is 25.1. The van der Waals surface area contributed by atoms with Gasteiger partial charge in [0.25, 0.3) is 11.8 Å². The van der Waals surface area contributed by atoms with Gasteiger partial charge in [0.1, 0.15) is 12.2 Å². The molecule has 178 valence electrons. The van der Waals surface area contributed by atoms with E-state index in [1.54, 1.807) is 37.3 Å². The lowest BCUT2D eigenvalue weighted by molar-refractivity contribution is -0.122. The van der Waals surface area contributed by atoms with Crippen molar-refractivity contribution in [3.63, 3.8) is 0 Å². The summed E-state index contributed by atoms with van der Waals surface area (Å²) in [7, 11) is 1.53. The van der Waals surface area contributed by atoms with Crippen molar-refractivity contribution >= 4 is 52.2 Å². The van der Waals surface area contributed by atoms with Gasteiger partial charge in [-0.05, 0) is 77.4 Å². The quantitative estimate of drug-likeness (QED) is 0.247. The van der Waals surface area contributed by atoms with Crippen LogP contribution in [0, 0.1) is 17.4 Å². The molecule has 1 saturated heterocycles. The lowest BCUT2D eigenvalue weighted by Crippen LogP contribution is -2.54. The number of carbonyl (C=O) groups is 3. The van der Waals surface area contributed by atoms with Gasteiger partial charge in [-0.2, -0.15) is 0 Å². The molecule has 35 heavy (non-hydrogen) atoms. The highest BCUT2D eigenvalue weighted by Gasteiger charge is 2.37. The van der Waals surface area contributed by atoms with E-state index >= 15 is 0 Å². The van der Waals surface area contributed by atoms with Crippen molar-refractivity contribution in [2.45, 2.75) is 20.5 Å². The maximum Gasteiger partial charge on any atom is 0.335 e. The molecule has 4 amide bonds. The molecule has 0 saturated carbocycles. The maximum absolute atomic E-state index is 13.2. The van der Waals surface area contributed by atoms with E-state index in [0.717, 1.165) is 19.6 Å². The standard InChI is InChI=1S/C27H23IN2O5/c1-16-8-10-18(11-9-16)15-35-24-21(28)13-19(14-23(24)34-3)12-20-25(31)29-27(33)30(26(20)32)22-7-5-4-6-17(22)2/h4-14H,15H2,1-3H3,(H,29,31,33)/b20-12+. The van der Waals surface area contributed by atoms with Crippen LogP contribution in [-0.4, -0.2) is 25.0 Å². The van der Waals surface area contributed by atoms with Crippen LogP contribution >= 0.6 is 22.6 Å². The summed E-state index contributed by atoms with van der Waals surface area (Å²) in [6, 6.07) is 17.7. The molecule has 3 aromatic carbocycles. The first kappa shape index (κ1) is 24.5. The van der Waals surface area contributed by atoms with E-state index in [-0.39, 0.29) is 5.57 Å². The van der Waals surface area contributed by atoms with Gasteiger partial charge in [-0.25, -0.2) is 9.69 Å². The van der Waals surface area contributed by atoms with Gasteiger partial charge >= 0.3 is 6.03 Å². The molecule has 0 radical (unpaired) electrons. The first-order valence-electron chi connectivity index (χ1n) is 10.8. The Morgan fingerprint density at radius 1 is 1.00 bits per heavy atom. The zero-order valence-corrected chi connectivity index (χ0v) is 21.6. The fraction of sp³-hybridized carbons (Fsp3) is 0.148. The number of hydrogen-bond donors (Lipinski definition) is 1. The Kier molecular flexibility index (Phi) is 7.20. The number of barbiturate groups is 1. The number of halogens is 1. The summed E-state index contributed by atoms with van der Waals surface area (Å²) in [6.45, 7) is 4.18. The minimum atomic E-state index is -0.779. The summed E-state index contributed by atoms with van der Waals surface area (Å²) >= 11 is 2.12. The third kappa shape index (κ3) is 5.22. The van der Waals surface area contributed by atoms with Gasteiger partial charge in [-0.3, -0.25) is 14.9 Å². The van der Waals surface area contributed by atoms with Gasteiger partial charge in [0.2, 0.25) is 0 Å². The van der Waals surface area contributed by atoms with Gasteiger partial charge in [-0.1, -0.05) is 48.0 Å². The maximum atomic E-state index is 13.2. The number of urea groups is 1. The fourth-order valence-corrected chi connectivity index (χ4v) is 4.44. The summed E-state index contributed by atoms with van der Waals surface area (Å²) in [4.78, 5) is 39.2. The minimum Gasteiger partial charge on any atom is -0.493 e. The van der Waals surface area contributed by atoms with Crippen molar-refractivity contribution in [3.8, 4) is 11.5 Å². The lowest BCUT2D eigenvalue weighted by Gasteiger charge is -2.27. The number of nitrogens with zero attached hydrogens (tertiary/aromatic N) is 1. The van der Waals surface area contributed by atoms with Gasteiger partial charge in [-0.15, -0.1) is 0 Å². The van der Waals surface area contributed by atoms with E-state index in [1.165, 1.54) is 18.7 Å². The van der Waals surface area contributed by atoms with E-state index in [2.05, 4.69) is 27.9 Å². The van der Waals surface area contributed by atoms with Gasteiger partial charge in [0.15, 0.2) is 11.5 Å². The van der Waals surface area contributed by atoms with E-state index < -0.39 is 17.8 Å². The number of benzene rings is 3. The smallest absolute Gasteiger partial charge is 0.335 e. The third-order valence-corrected chi connectivity index (χ3v) is 6.33. The molecule has 7 nitrogen and oxygen atoms in total. The number of imide groups is 2. The summed E-state index contributed by atoms with van der Waals surface area (Å²) in [5, 5.41) is 2.25. The molecule has 1 fully saturated rings. The van der Waals surface area contributed by atoms with Crippen LogP contribution in [0.1, 0.15) is 22.3 Å². The first-order valence-corrected chi connectivity index (χ1v) is 11.9. The number of aryl methyl sites for hydroxylation is 2. The first-order chi connectivity index (χ1) is 16.8. The van der Waals surface area contributed by atoms with Gasteiger partial charge in [0.05, 0.1) is 16.4 Å². The van der Waals surface area contributed by atoms with Crippen LogP contribution in [-0.2, 0) is 16.2 Å². The highest BCUT2D eigenvalue weighted by Crippen LogP contribution is 2.35. The predicted octanol–water partition coefficient (Wildman–Crippen LogP) is 5.16.